The second-order valence-electron chi connectivity index (χ2n) is 3.98. The SMILES string of the molecule is SCC1(COC2COC2)CCC1. The standard InChI is InChI=1S/C9H16O2S/c12-7-9(2-1-3-9)6-11-8-4-10-5-8/h8,12H,1-7H2. The van der Waals surface area contributed by atoms with Crippen molar-refractivity contribution in [3.05, 3.63) is 0 Å². The van der Waals surface area contributed by atoms with E-state index in [0.717, 1.165) is 25.6 Å². The van der Waals surface area contributed by atoms with Crippen molar-refractivity contribution in [1.82, 2.24) is 0 Å². The first kappa shape index (κ1) is 8.85. The van der Waals surface area contributed by atoms with Crippen LogP contribution in [0.1, 0.15) is 19.3 Å². The summed E-state index contributed by atoms with van der Waals surface area (Å²) in [6.45, 7) is 2.48. The lowest BCUT2D eigenvalue weighted by molar-refractivity contribution is -0.151. The second-order valence-corrected chi connectivity index (χ2v) is 4.30. The summed E-state index contributed by atoms with van der Waals surface area (Å²) in [5.41, 5.74) is 0.415. The second kappa shape index (κ2) is 3.56. The maximum absolute atomic E-state index is 5.70. The molecule has 12 heavy (non-hydrogen) atoms. The largest absolute Gasteiger partial charge is 0.376 e. The molecule has 1 saturated carbocycles. The Bertz CT molecular complexity index is 147. The minimum Gasteiger partial charge on any atom is -0.376 e. The van der Waals surface area contributed by atoms with Gasteiger partial charge >= 0.3 is 0 Å². The quantitative estimate of drug-likeness (QED) is 0.674. The summed E-state index contributed by atoms with van der Waals surface area (Å²) in [6, 6.07) is 0. The Kier molecular flexibility index (Phi) is 2.63. The van der Waals surface area contributed by atoms with Crippen LogP contribution in [-0.2, 0) is 9.47 Å². The molecule has 0 spiro atoms. The fourth-order valence-electron chi connectivity index (χ4n) is 1.63. The number of hydrogen-bond donors (Lipinski definition) is 1. The molecule has 0 N–H and O–H groups in total. The van der Waals surface area contributed by atoms with Crippen molar-refractivity contribution >= 4 is 12.6 Å². The number of rotatable bonds is 4. The van der Waals surface area contributed by atoms with Crippen molar-refractivity contribution in [3.63, 3.8) is 0 Å². The fourth-order valence-corrected chi connectivity index (χ4v) is 2.04. The topological polar surface area (TPSA) is 18.5 Å². The molecule has 1 aliphatic heterocycles. The van der Waals surface area contributed by atoms with E-state index in [1.54, 1.807) is 0 Å². The molecule has 70 valence electrons. The van der Waals surface area contributed by atoms with Crippen molar-refractivity contribution in [2.24, 2.45) is 5.41 Å². The van der Waals surface area contributed by atoms with Crippen LogP contribution in [0.4, 0.5) is 0 Å². The van der Waals surface area contributed by atoms with Crippen LogP contribution in [0.3, 0.4) is 0 Å². The summed E-state index contributed by atoms with van der Waals surface area (Å²) < 4.78 is 10.7. The predicted octanol–water partition coefficient (Wildman–Crippen LogP) is 1.50. The monoisotopic (exact) mass is 188 g/mol. The lowest BCUT2D eigenvalue weighted by Crippen LogP contribution is -2.43. The molecule has 1 heterocycles. The molecule has 1 saturated heterocycles. The van der Waals surface area contributed by atoms with E-state index in [9.17, 15) is 0 Å². The van der Waals surface area contributed by atoms with Crippen molar-refractivity contribution in [3.8, 4) is 0 Å². The van der Waals surface area contributed by atoms with Gasteiger partial charge < -0.3 is 9.47 Å². The van der Waals surface area contributed by atoms with E-state index in [-0.39, 0.29) is 0 Å². The number of thiol groups is 1. The van der Waals surface area contributed by atoms with Gasteiger partial charge in [0.25, 0.3) is 0 Å². The lowest BCUT2D eigenvalue weighted by atomic mass is 9.71. The Morgan fingerprint density at radius 2 is 2.17 bits per heavy atom. The molecule has 0 radical (unpaired) electrons. The molecule has 2 fully saturated rings. The molecule has 2 aliphatic rings. The van der Waals surface area contributed by atoms with Gasteiger partial charge in [-0.15, -0.1) is 0 Å². The Morgan fingerprint density at radius 3 is 2.50 bits per heavy atom. The normalized spacial score (nSPS) is 27.8. The zero-order valence-electron chi connectivity index (χ0n) is 7.29. The molecule has 0 aromatic carbocycles. The minimum absolute atomic E-state index is 0.377. The Labute approximate surface area is 79.0 Å². The molecule has 0 atom stereocenters. The summed E-state index contributed by atoms with van der Waals surface area (Å²) in [4.78, 5) is 0. The van der Waals surface area contributed by atoms with Gasteiger partial charge in [0.15, 0.2) is 0 Å². The third kappa shape index (κ3) is 1.63. The maximum atomic E-state index is 5.70. The van der Waals surface area contributed by atoms with Crippen LogP contribution < -0.4 is 0 Å². The van der Waals surface area contributed by atoms with Gasteiger partial charge in [0.05, 0.1) is 19.8 Å². The van der Waals surface area contributed by atoms with Gasteiger partial charge in [0, 0.05) is 5.41 Å². The van der Waals surface area contributed by atoms with Gasteiger partial charge in [0.2, 0.25) is 0 Å². The summed E-state index contributed by atoms with van der Waals surface area (Å²) in [7, 11) is 0. The first-order chi connectivity index (χ1) is 5.85. The van der Waals surface area contributed by atoms with E-state index >= 15 is 0 Å². The van der Waals surface area contributed by atoms with Crippen molar-refractivity contribution in [2.45, 2.75) is 25.4 Å². The van der Waals surface area contributed by atoms with Crippen LogP contribution in [-0.4, -0.2) is 31.7 Å². The highest BCUT2D eigenvalue weighted by Crippen LogP contribution is 2.42. The van der Waals surface area contributed by atoms with E-state index in [1.165, 1.54) is 19.3 Å². The zero-order chi connectivity index (χ0) is 8.44. The summed E-state index contributed by atoms with van der Waals surface area (Å²) in [5, 5.41) is 0. The lowest BCUT2D eigenvalue weighted by Gasteiger charge is -2.42. The average Bonchev–Trinajstić information content (AvgIpc) is 1.91. The van der Waals surface area contributed by atoms with E-state index in [4.69, 9.17) is 9.47 Å². The molecule has 0 aromatic heterocycles. The van der Waals surface area contributed by atoms with Crippen molar-refractivity contribution in [1.29, 1.82) is 0 Å². The third-order valence-electron chi connectivity index (χ3n) is 2.98. The molecular weight excluding hydrogens is 172 g/mol. The van der Waals surface area contributed by atoms with E-state index in [0.29, 0.717) is 11.5 Å². The van der Waals surface area contributed by atoms with E-state index in [1.807, 2.05) is 0 Å². The number of hydrogen-bond acceptors (Lipinski definition) is 3. The van der Waals surface area contributed by atoms with Gasteiger partial charge in [-0.3, -0.25) is 0 Å². The molecular formula is C9H16O2S. The number of ether oxygens (including phenoxy) is 2. The molecule has 1 aliphatic carbocycles. The fraction of sp³-hybridized carbons (Fsp3) is 1.00. The first-order valence-electron chi connectivity index (χ1n) is 4.65. The van der Waals surface area contributed by atoms with Gasteiger partial charge in [-0.2, -0.15) is 12.6 Å². The molecule has 0 amide bonds. The average molecular weight is 188 g/mol. The highest BCUT2D eigenvalue weighted by atomic mass is 32.1. The third-order valence-corrected chi connectivity index (χ3v) is 3.65. The van der Waals surface area contributed by atoms with E-state index in [2.05, 4.69) is 12.6 Å². The highest BCUT2D eigenvalue weighted by molar-refractivity contribution is 7.80. The molecule has 2 nitrogen and oxygen atoms in total. The van der Waals surface area contributed by atoms with Crippen LogP contribution in [0.5, 0.6) is 0 Å². The molecule has 3 heteroatoms. The first-order valence-corrected chi connectivity index (χ1v) is 5.28. The Balaban J connectivity index is 1.69. The van der Waals surface area contributed by atoms with Crippen LogP contribution in [0.2, 0.25) is 0 Å². The predicted molar refractivity (Wildman–Crippen MR) is 50.7 cm³/mol. The molecule has 2 rings (SSSR count). The van der Waals surface area contributed by atoms with Gasteiger partial charge in [-0.1, -0.05) is 6.42 Å². The summed E-state index contributed by atoms with van der Waals surface area (Å²) >= 11 is 4.37. The molecule has 0 unspecified atom stereocenters. The smallest absolute Gasteiger partial charge is 0.104 e. The van der Waals surface area contributed by atoms with Gasteiger partial charge in [-0.05, 0) is 18.6 Å². The van der Waals surface area contributed by atoms with Crippen LogP contribution in [0, 0.1) is 5.41 Å². The Morgan fingerprint density at radius 1 is 1.42 bits per heavy atom. The Hall–Kier alpha value is 0.270. The van der Waals surface area contributed by atoms with Gasteiger partial charge in [-0.25, -0.2) is 0 Å². The highest BCUT2D eigenvalue weighted by Gasteiger charge is 2.37. The molecule has 0 aromatic rings. The van der Waals surface area contributed by atoms with Crippen LogP contribution >= 0.6 is 12.6 Å². The van der Waals surface area contributed by atoms with Crippen LogP contribution in [0.15, 0.2) is 0 Å². The summed E-state index contributed by atoms with van der Waals surface area (Å²) in [6.07, 6.45) is 4.32. The minimum atomic E-state index is 0.377. The van der Waals surface area contributed by atoms with Crippen LogP contribution in [0.25, 0.3) is 0 Å². The zero-order valence-corrected chi connectivity index (χ0v) is 8.19. The molecule has 0 bridgehead atoms. The van der Waals surface area contributed by atoms with Crippen molar-refractivity contribution in [2.75, 3.05) is 25.6 Å². The van der Waals surface area contributed by atoms with E-state index < -0.39 is 0 Å². The van der Waals surface area contributed by atoms with Gasteiger partial charge in [0.1, 0.15) is 6.10 Å². The van der Waals surface area contributed by atoms with Crippen molar-refractivity contribution < 1.29 is 9.47 Å². The summed E-state index contributed by atoms with van der Waals surface area (Å²) in [5.74, 6) is 0.973. The maximum Gasteiger partial charge on any atom is 0.104 e.